The number of aryl methyl sites for hydroxylation is 2. The fourth-order valence-electron chi connectivity index (χ4n) is 4.76. The lowest BCUT2D eigenvalue weighted by atomic mass is 9.44. The summed E-state index contributed by atoms with van der Waals surface area (Å²) in [5.74, 6) is 0.0121. The van der Waals surface area contributed by atoms with Gasteiger partial charge in [-0.15, -0.1) is 0 Å². The van der Waals surface area contributed by atoms with E-state index >= 15 is 0 Å². The third-order valence-electron chi connectivity index (χ3n) is 6.02. The summed E-state index contributed by atoms with van der Waals surface area (Å²) in [5, 5.41) is 10.9. The van der Waals surface area contributed by atoms with Gasteiger partial charge < -0.3 is 15.4 Å². The molecule has 2 heterocycles. The van der Waals surface area contributed by atoms with Gasteiger partial charge in [0.2, 0.25) is 5.95 Å². The fraction of sp³-hybridized carbons (Fsp3) is 0.364. The molecule has 0 aliphatic heterocycles. The number of amides is 1. The van der Waals surface area contributed by atoms with Crippen LogP contribution in [0.25, 0.3) is 11.3 Å². The molecule has 3 aliphatic carbocycles. The van der Waals surface area contributed by atoms with Crippen LogP contribution in [0, 0.1) is 12.7 Å². The van der Waals surface area contributed by atoms with E-state index in [-0.39, 0.29) is 34.4 Å². The van der Waals surface area contributed by atoms with Crippen molar-refractivity contribution in [3.05, 3.63) is 53.2 Å². The first-order valence-corrected chi connectivity index (χ1v) is 10.6. The Labute approximate surface area is 189 Å². The van der Waals surface area contributed by atoms with Gasteiger partial charge in [0.25, 0.3) is 5.91 Å². The van der Waals surface area contributed by atoms with Crippen molar-refractivity contribution in [2.24, 2.45) is 7.05 Å². The summed E-state index contributed by atoms with van der Waals surface area (Å²) >= 11 is 5.65. The average molecular weight is 457 g/mol. The zero-order chi connectivity index (χ0) is 22.5. The minimum atomic E-state index is -0.581. The van der Waals surface area contributed by atoms with E-state index in [2.05, 4.69) is 25.7 Å². The van der Waals surface area contributed by atoms with E-state index < -0.39 is 5.82 Å². The first-order valence-electron chi connectivity index (χ1n) is 10.3. The van der Waals surface area contributed by atoms with Crippen LogP contribution in [0.4, 0.5) is 10.3 Å². The van der Waals surface area contributed by atoms with Crippen LogP contribution in [0.5, 0.6) is 5.75 Å². The van der Waals surface area contributed by atoms with Crippen molar-refractivity contribution in [1.29, 1.82) is 0 Å². The van der Waals surface area contributed by atoms with E-state index in [1.807, 2.05) is 26.2 Å². The molecule has 2 N–H and O–H groups in total. The number of hydrogen-bond donors (Lipinski definition) is 2. The van der Waals surface area contributed by atoms with Crippen molar-refractivity contribution in [2.75, 3.05) is 11.9 Å². The van der Waals surface area contributed by atoms with Crippen LogP contribution in [0.3, 0.4) is 0 Å². The molecule has 3 saturated carbocycles. The number of halogens is 2. The molecule has 8 nitrogen and oxygen atoms in total. The molecule has 2 aromatic heterocycles. The maximum absolute atomic E-state index is 13.5. The van der Waals surface area contributed by atoms with E-state index in [9.17, 15) is 9.18 Å². The van der Waals surface area contributed by atoms with Gasteiger partial charge >= 0.3 is 0 Å². The molecular weight excluding hydrogens is 435 g/mol. The number of benzene rings is 1. The molecular formula is C22H22ClFN6O2. The normalized spacial score (nSPS) is 23.1. The highest BCUT2D eigenvalue weighted by molar-refractivity contribution is 6.30. The zero-order valence-corrected chi connectivity index (χ0v) is 18.4. The van der Waals surface area contributed by atoms with Crippen LogP contribution in [0.15, 0.2) is 36.7 Å². The van der Waals surface area contributed by atoms with E-state index in [0.29, 0.717) is 5.95 Å². The van der Waals surface area contributed by atoms with Crippen molar-refractivity contribution in [2.45, 2.75) is 37.3 Å². The first-order chi connectivity index (χ1) is 15.2. The number of hydrogen-bond acceptors (Lipinski definition) is 6. The molecule has 3 aliphatic rings. The van der Waals surface area contributed by atoms with Crippen LogP contribution in [0.2, 0.25) is 5.02 Å². The Morgan fingerprint density at radius 1 is 1.28 bits per heavy atom. The molecule has 0 unspecified atom stereocenters. The zero-order valence-electron chi connectivity index (χ0n) is 17.7. The number of rotatable bonds is 7. The molecule has 3 fully saturated rings. The van der Waals surface area contributed by atoms with Gasteiger partial charge in [0, 0.05) is 42.1 Å². The lowest BCUT2D eigenvalue weighted by molar-refractivity contribution is -0.135. The second kappa shape index (κ2) is 7.44. The van der Waals surface area contributed by atoms with Gasteiger partial charge in [0.1, 0.15) is 11.6 Å². The predicted octanol–water partition coefficient (Wildman–Crippen LogP) is 3.26. The van der Waals surface area contributed by atoms with Crippen LogP contribution in [0.1, 0.15) is 25.0 Å². The predicted molar refractivity (Wildman–Crippen MR) is 117 cm³/mol. The standard InChI is InChI=1S/C22H22ClFN6O2/c1-13-15(8-30(2)29-13)18-5-6-25-20(26-18)28-22-10-21(11-22,12-22)27-19(31)9-32-14-3-4-16(23)17(24)7-14/h3-8H,9-12H2,1-2H3,(H,27,31)(H,25,26,28). The van der Waals surface area contributed by atoms with Gasteiger partial charge in [0.05, 0.1) is 16.4 Å². The third-order valence-corrected chi connectivity index (χ3v) is 6.32. The topological polar surface area (TPSA) is 94.0 Å². The molecule has 1 amide bonds. The third kappa shape index (κ3) is 3.77. The Bertz CT molecular complexity index is 1190. The Morgan fingerprint density at radius 2 is 2.06 bits per heavy atom. The average Bonchev–Trinajstić information content (AvgIpc) is 3.04. The van der Waals surface area contributed by atoms with Gasteiger partial charge in [0.15, 0.2) is 6.61 Å². The molecule has 32 heavy (non-hydrogen) atoms. The summed E-state index contributed by atoms with van der Waals surface area (Å²) in [7, 11) is 1.88. The minimum Gasteiger partial charge on any atom is -0.484 e. The smallest absolute Gasteiger partial charge is 0.258 e. The second-order valence-corrected chi connectivity index (χ2v) is 9.10. The van der Waals surface area contributed by atoms with Crippen molar-refractivity contribution in [3.63, 3.8) is 0 Å². The van der Waals surface area contributed by atoms with E-state index in [1.54, 1.807) is 10.9 Å². The van der Waals surface area contributed by atoms with E-state index in [4.69, 9.17) is 16.3 Å². The maximum Gasteiger partial charge on any atom is 0.258 e. The SMILES string of the molecule is Cc1nn(C)cc1-c1ccnc(NC23CC(NC(=O)COc4ccc(Cl)c(F)c4)(C2)C3)n1. The molecule has 166 valence electrons. The summed E-state index contributed by atoms with van der Waals surface area (Å²) in [4.78, 5) is 21.3. The lowest BCUT2D eigenvalue weighted by Gasteiger charge is -2.70. The maximum atomic E-state index is 13.5. The Morgan fingerprint density at radius 3 is 2.75 bits per heavy atom. The van der Waals surface area contributed by atoms with Gasteiger partial charge in [-0.3, -0.25) is 9.48 Å². The van der Waals surface area contributed by atoms with Crippen LogP contribution >= 0.6 is 11.6 Å². The fourth-order valence-corrected chi connectivity index (χ4v) is 4.88. The summed E-state index contributed by atoms with van der Waals surface area (Å²) < 4.78 is 20.6. The Balaban J connectivity index is 1.14. The summed E-state index contributed by atoms with van der Waals surface area (Å²) in [6, 6.07) is 5.95. The highest BCUT2D eigenvalue weighted by atomic mass is 35.5. The number of carbonyl (C=O) groups is 1. The van der Waals surface area contributed by atoms with Crippen molar-refractivity contribution < 1.29 is 13.9 Å². The molecule has 0 atom stereocenters. The Hall–Kier alpha value is -3.20. The number of aromatic nitrogens is 4. The Kier molecular flexibility index (Phi) is 4.81. The van der Waals surface area contributed by atoms with Gasteiger partial charge in [-0.1, -0.05) is 11.6 Å². The van der Waals surface area contributed by atoms with Gasteiger partial charge in [-0.05, 0) is 44.4 Å². The minimum absolute atomic E-state index is 0.0125. The number of nitrogens with zero attached hydrogens (tertiary/aromatic N) is 4. The van der Waals surface area contributed by atoms with Crippen molar-refractivity contribution in [3.8, 4) is 17.0 Å². The number of nitrogens with one attached hydrogen (secondary N) is 2. The molecule has 1 aromatic carbocycles. The van der Waals surface area contributed by atoms with Crippen LogP contribution < -0.4 is 15.4 Å². The highest BCUT2D eigenvalue weighted by Crippen LogP contribution is 2.61. The molecule has 3 aromatic rings. The molecule has 0 saturated heterocycles. The molecule has 0 spiro atoms. The number of ether oxygens (including phenoxy) is 1. The highest BCUT2D eigenvalue weighted by Gasteiger charge is 2.69. The van der Waals surface area contributed by atoms with Gasteiger partial charge in [-0.25, -0.2) is 14.4 Å². The monoisotopic (exact) mass is 456 g/mol. The summed E-state index contributed by atoms with van der Waals surface area (Å²) in [6.45, 7) is 1.77. The molecule has 6 rings (SSSR count). The van der Waals surface area contributed by atoms with Crippen LogP contribution in [-0.4, -0.2) is 43.3 Å². The molecule has 2 bridgehead atoms. The molecule has 0 radical (unpaired) electrons. The lowest BCUT2D eigenvalue weighted by Crippen LogP contribution is -2.81. The molecule has 10 heteroatoms. The summed E-state index contributed by atoms with van der Waals surface area (Å²) in [5.41, 5.74) is 2.37. The van der Waals surface area contributed by atoms with Gasteiger partial charge in [-0.2, -0.15) is 5.10 Å². The van der Waals surface area contributed by atoms with Crippen molar-refractivity contribution >= 4 is 23.5 Å². The number of anilines is 1. The van der Waals surface area contributed by atoms with Crippen LogP contribution in [-0.2, 0) is 11.8 Å². The van der Waals surface area contributed by atoms with Crippen molar-refractivity contribution in [1.82, 2.24) is 25.1 Å². The number of carbonyl (C=O) groups excluding carboxylic acids is 1. The summed E-state index contributed by atoms with van der Waals surface area (Å²) in [6.07, 6.45) is 6.05. The first kappa shape index (κ1) is 20.7. The largest absolute Gasteiger partial charge is 0.484 e. The second-order valence-electron chi connectivity index (χ2n) is 8.70. The van der Waals surface area contributed by atoms with E-state index in [0.717, 1.165) is 42.3 Å². The quantitative estimate of drug-likeness (QED) is 0.566. The van der Waals surface area contributed by atoms with E-state index in [1.165, 1.54) is 12.1 Å².